The Morgan fingerprint density at radius 3 is 2.15 bits per heavy atom. The maximum Gasteiger partial charge on any atom is 0.257 e. The summed E-state index contributed by atoms with van der Waals surface area (Å²) in [5.74, 6) is -0.915. The number of hydrogen-bond acceptors (Lipinski definition) is 4. The third-order valence-corrected chi connectivity index (χ3v) is 4.88. The third kappa shape index (κ3) is 6.47. The van der Waals surface area contributed by atoms with E-state index in [1.807, 2.05) is 35.2 Å². The van der Waals surface area contributed by atoms with Crippen molar-refractivity contribution >= 4 is 33.4 Å². The number of sulfonamides is 1. The predicted molar refractivity (Wildman–Crippen MR) is 97.4 cm³/mol. The average molecular weight is 396 g/mol. The van der Waals surface area contributed by atoms with Crippen LogP contribution in [-0.2, 0) is 26.2 Å². The Morgan fingerprint density at radius 1 is 0.885 bits per heavy atom. The lowest BCUT2D eigenvalue weighted by molar-refractivity contribution is -0.126. The van der Waals surface area contributed by atoms with E-state index in [0.717, 1.165) is 5.56 Å². The van der Waals surface area contributed by atoms with Crippen LogP contribution in [0.5, 0.6) is 0 Å². The molecule has 0 saturated heterocycles. The number of amides is 2. The van der Waals surface area contributed by atoms with E-state index in [1.54, 1.807) is 0 Å². The molecule has 2 aromatic rings. The molecule has 2 amide bonds. The van der Waals surface area contributed by atoms with Crippen LogP contribution in [0.25, 0.3) is 0 Å². The van der Waals surface area contributed by atoms with Gasteiger partial charge in [-0.05, 0) is 29.8 Å². The molecule has 3 N–H and O–H groups in total. The highest BCUT2D eigenvalue weighted by Crippen LogP contribution is 2.13. The maximum atomic E-state index is 12.0. The van der Waals surface area contributed by atoms with Crippen molar-refractivity contribution in [2.24, 2.45) is 0 Å². The summed E-state index contributed by atoms with van der Waals surface area (Å²) in [5.41, 5.74) is 3.02. The van der Waals surface area contributed by atoms with Gasteiger partial charge < -0.3 is 5.32 Å². The van der Waals surface area contributed by atoms with Crippen molar-refractivity contribution in [3.63, 3.8) is 0 Å². The Bertz CT molecular complexity index is 855. The SMILES string of the molecule is O=C(CCC(=O)NNS(=O)(=O)c1ccc(Cl)cc1)NCc1ccccc1. The molecule has 2 aromatic carbocycles. The van der Waals surface area contributed by atoms with Gasteiger partial charge in [-0.15, -0.1) is 4.83 Å². The average Bonchev–Trinajstić information content (AvgIpc) is 2.64. The molecule has 0 aliphatic heterocycles. The van der Waals surface area contributed by atoms with Crippen molar-refractivity contribution in [1.29, 1.82) is 0 Å². The molecule has 0 bridgehead atoms. The first-order valence-corrected chi connectivity index (χ1v) is 9.60. The van der Waals surface area contributed by atoms with Gasteiger partial charge in [-0.25, -0.2) is 8.42 Å². The van der Waals surface area contributed by atoms with Gasteiger partial charge in [-0.3, -0.25) is 15.0 Å². The Hall–Kier alpha value is -2.42. The van der Waals surface area contributed by atoms with Gasteiger partial charge in [0.05, 0.1) is 4.90 Å². The molecule has 0 radical (unpaired) electrons. The van der Waals surface area contributed by atoms with Gasteiger partial charge in [0.2, 0.25) is 11.8 Å². The minimum absolute atomic E-state index is 0.0391. The lowest BCUT2D eigenvalue weighted by Crippen LogP contribution is -2.41. The van der Waals surface area contributed by atoms with E-state index in [1.165, 1.54) is 24.3 Å². The first-order valence-electron chi connectivity index (χ1n) is 7.74. The van der Waals surface area contributed by atoms with E-state index in [9.17, 15) is 18.0 Å². The van der Waals surface area contributed by atoms with Gasteiger partial charge in [0.1, 0.15) is 0 Å². The molecule has 0 unspecified atom stereocenters. The monoisotopic (exact) mass is 395 g/mol. The van der Waals surface area contributed by atoms with Crippen LogP contribution in [-0.4, -0.2) is 20.2 Å². The van der Waals surface area contributed by atoms with Crippen LogP contribution in [0.3, 0.4) is 0 Å². The summed E-state index contributed by atoms with van der Waals surface area (Å²) in [4.78, 5) is 25.4. The number of hydrazine groups is 1. The Labute approximate surface area is 156 Å². The highest BCUT2D eigenvalue weighted by molar-refractivity contribution is 7.89. The summed E-state index contributed by atoms with van der Waals surface area (Å²) < 4.78 is 24.0. The minimum Gasteiger partial charge on any atom is -0.352 e. The van der Waals surface area contributed by atoms with Crippen LogP contribution in [0, 0.1) is 0 Å². The molecule has 0 aromatic heterocycles. The van der Waals surface area contributed by atoms with E-state index in [0.29, 0.717) is 11.6 Å². The van der Waals surface area contributed by atoms with Gasteiger partial charge in [0.25, 0.3) is 10.0 Å². The molecule has 2 rings (SSSR count). The van der Waals surface area contributed by atoms with Crippen molar-refractivity contribution < 1.29 is 18.0 Å². The number of rotatable bonds is 8. The van der Waals surface area contributed by atoms with Crippen LogP contribution in [0.4, 0.5) is 0 Å². The fraction of sp³-hybridized carbons (Fsp3) is 0.176. The molecule has 0 spiro atoms. The number of carbonyl (C=O) groups is 2. The van der Waals surface area contributed by atoms with Crippen molar-refractivity contribution in [2.45, 2.75) is 24.3 Å². The molecule has 7 nitrogen and oxygen atoms in total. The second-order valence-electron chi connectivity index (χ2n) is 5.37. The van der Waals surface area contributed by atoms with Crippen LogP contribution in [0.1, 0.15) is 18.4 Å². The Kier molecular flexibility index (Phi) is 7.14. The van der Waals surface area contributed by atoms with Crippen molar-refractivity contribution in [2.75, 3.05) is 0 Å². The number of benzene rings is 2. The molecule has 0 aliphatic carbocycles. The molecular formula is C17H18ClN3O4S. The second kappa shape index (κ2) is 9.33. The number of carbonyl (C=O) groups excluding carboxylic acids is 2. The van der Waals surface area contributed by atoms with Gasteiger partial charge in [-0.2, -0.15) is 0 Å². The maximum absolute atomic E-state index is 12.0. The third-order valence-electron chi connectivity index (χ3n) is 3.36. The molecule has 0 heterocycles. The zero-order valence-electron chi connectivity index (χ0n) is 13.7. The Balaban J connectivity index is 1.73. The highest BCUT2D eigenvalue weighted by Gasteiger charge is 2.15. The smallest absolute Gasteiger partial charge is 0.257 e. The summed E-state index contributed by atoms with van der Waals surface area (Å²) in [7, 11) is -3.90. The molecule has 0 saturated carbocycles. The van der Waals surface area contributed by atoms with Crippen LogP contribution >= 0.6 is 11.6 Å². The van der Waals surface area contributed by atoms with E-state index in [4.69, 9.17) is 11.6 Å². The molecule has 138 valence electrons. The molecule has 9 heteroatoms. The fourth-order valence-electron chi connectivity index (χ4n) is 1.97. The number of nitrogens with one attached hydrogen (secondary N) is 3. The molecule has 0 fully saturated rings. The topological polar surface area (TPSA) is 104 Å². The normalized spacial score (nSPS) is 11.0. The summed E-state index contributed by atoms with van der Waals surface area (Å²) in [6.45, 7) is 0.366. The lowest BCUT2D eigenvalue weighted by Gasteiger charge is -2.09. The zero-order chi connectivity index (χ0) is 19.0. The predicted octanol–water partition coefficient (Wildman–Crippen LogP) is 1.75. The summed E-state index contributed by atoms with van der Waals surface area (Å²) in [5, 5.41) is 3.09. The number of hydrogen-bond donors (Lipinski definition) is 3. The van der Waals surface area contributed by atoms with Gasteiger partial charge in [0.15, 0.2) is 0 Å². The van der Waals surface area contributed by atoms with Crippen LogP contribution in [0.15, 0.2) is 59.5 Å². The molecular weight excluding hydrogens is 378 g/mol. The van der Waals surface area contributed by atoms with Gasteiger partial charge >= 0.3 is 0 Å². The molecule has 26 heavy (non-hydrogen) atoms. The summed E-state index contributed by atoms with van der Waals surface area (Å²) >= 11 is 5.70. The van der Waals surface area contributed by atoms with Crippen LogP contribution < -0.4 is 15.6 Å². The summed E-state index contributed by atoms with van der Waals surface area (Å²) in [6, 6.07) is 14.8. The van der Waals surface area contributed by atoms with Crippen molar-refractivity contribution in [3.8, 4) is 0 Å². The Morgan fingerprint density at radius 2 is 1.50 bits per heavy atom. The van der Waals surface area contributed by atoms with Gasteiger partial charge in [-0.1, -0.05) is 41.9 Å². The van der Waals surface area contributed by atoms with E-state index in [2.05, 4.69) is 10.7 Å². The first-order chi connectivity index (χ1) is 12.4. The highest BCUT2D eigenvalue weighted by atomic mass is 35.5. The van der Waals surface area contributed by atoms with Crippen molar-refractivity contribution in [1.82, 2.24) is 15.6 Å². The molecule has 0 aliphatic rings. The minimum atomic E-state index is -3.90. The van der Waals surface area contributed by atoms with Crippen molar-refractivity contribution in [3.05, 3.63) is 65.2 Å². The standard InChI is InChI=1S/C17H18ClN3O4S/c18-14-6-8-15(9-7-14)26(24,25)21-20-17(23)11-10-16(22)19-12-13-4-2-1-3-5-13/h1-9,21H,10-12H2,(H,19,22)(H,20,23). The van der Waals surface area contributed by atoms with E-state index < -0.39 is 15.9 Å². The van der Waals surface area contributed by atoms with E-state index in [-0.39, 0.29) is 23.6 Å². The van der Waals surface area contributed by atoms with Crippen LogP contribution in [0.2, 0.25) is 5.02 Å². The first kappa shape index (κ1) is 19.9. The number of halogens is 1. The quantitative estimate of drug-likeness (QED) is 0.592. The summed E-state index contributed by atoms with van der Waals surface area (Å²) in [6.07, 6.45) is -0.203. The van der Waals surface area contributed by atoms with E-state index >= 15 is 0 Å². The second-order valence-corrected chi connectivity index (χ2v) is 7.49. The molecule has 0 atom stereocenters. The lowest BCUT2D eigenvalue weighted by atomic mass is 10.2. The largest absolute Gasteiger partial charge is 0.352 e. The zero-order valence-corrected chi connectivity index (χ0v) is 15.3. The van der Waals surface area contributed by atoms with Gasteiger partial charge in [0, 0.05) is 24.4 Å². The fourth-order valence-corrected chi connectivity index (χ4v) is 2.96.